The highest BCUT2D eigenvalue weighted by molar-refractivity contribution is 6.30. The van der Waals surface area contributed by atoms with E-state index in [0.717, 1.165) is 52.8 Å². The third-order valence-electron chi connectivity index (χ3n) is 6.00. The molecule has 31 heavy (non-hydrogen) atoms. The fourth-order valence-corrected chi connectivity index (χ4v) is 4.68. The monoisotopic (exact) mass is 430 g/mol. The molecule has 5 nitrogen and oxygen atoms in total. The van der Waals surface area contributed by atoms with E-state index in [0.29, 0.717) is 18.0 Å². The molecule has 1 aliphatic heterocycles. The Balaban J connectivity index is 1.37. The van der Waals surface area contributed by atoms with Crippen LogP contribution in [0.4, 0.5) is 0 Å². The predicted molar refractivity (Wildman–Crippen MR) is 123 cm³/mol. The minimum atomic E-state index is 0.155. The number of para-hydroxylation sites is 1. The largest absolute Gasteiger partial charge is 0.361 e. The average Bonchev–Trinajstić information content (AvgIpc) is 3.22. The predicted octanol–water partition coefficient (Wildman–Crippen LogP) is 5.23. The summed E-state index contributed by atoms with van der Waals surface area (Å²) < 4.78 is 0. The molecule has 1 fully saturated rings. The molecule has 1 N–H and O–H groups in total. The Morgan fingerprint density at radius 2 is 2.00 bits per heavy atom. The number of fused-ring (bicyclic) bond motifs is 1. The molecular formula is C25H23ClN4O. The fraction of sp³-hybridized carbons (Fsp3) is 0.240. The summed E-state index contributed by atoms with van der Waals surface area (Å²) in [5, 5.41) is 1.79. The second-order valence-electron chi connectivity index (χ2n) is 8.02. The zero-order valence-electron chi connectivity index (χ0n) is 17.1. The lowest BCUT2D eigenvalue weighted by molar-refractivity contribution is -0.131. The highest BCUT2D eigenvalue weighted by Gasteiger charge is 2.28. The zero-order valence-corrected chi connectivity index (χ0v) is 17.8. The number of rotatable bonds is 4. The normalized spacial score (nSPS) is 16.5. The van der Waals surface area contributed by atoms with Crippen LogP contribution in [0.15, 0.2) is 67.1 Å². The first-order valence-electron chi connectivity index (χ1n) is 10.6. The third kappa shape index (κ3) is 4.06. The van der Waals surface area contributed by atoms with Crippen LogP contribution in [0, 0.1) is 0 Å². The Labute approximate surface area is 186 Å². The molecule has 0 radical (unpaired) electrons. The van der Waals surface area contributed by atoms with Crippen LogP contribution < -0.4 is 0 Å². The van der Waals surface area contributed by atoms with Gasteiger partial charge in [0.25, 0.3) is 0 Å². The van der Waals surface area contributed by atoms with Crippen molar-refractivity contribution in [3.63, 3.8) is 0 Å². The Hall–Kier alpha value is -3.18. The van der Waals surface area contributed by atoms with E-state index in [1.165, 1.54) is 0 Å². The van der Waals surface area contributed by atoms with Crippen molar-refractivity contribution in [2.24, 2.45) is 0 Å². The number of nitrogens with zero attached hydrogens (tertiary/aromatic N) is 3. The van der Waals surface area contributed by atoms with E-state index in [2.05, 4.69) is 21.0 Å². The van der Waals surface area contributed by atoms with E-state index in [4.69, 9.17) is 11.6 Å². The molecule has 0 bridgehead atoms. The van der Waals surface area contributed by atoms with Crippen LogP contribution in [0.1, 0.15) is 30.0 Å². The maximum atomic E-state index is 13.1. The molecule has 1 atom stereocenters. The van der Waals surface area contributed by atoms with Gasteiger partial charge in [-0.1, -0.05) is 41.9 Å². The molecule has 1 aliphatic rings. The van der Waals surface area contributed by atoms with Gasteiger partial charge in [0.15, 0.2) is 0 Å². The summed E-state index contributed by atoms with van der Waals surface area (Å²) in [6.07, 6.45) is 7.74. The van der Waals surface area contributed by atoms with Gasteiger partial charge in [0.05, 0.1) is 17.8 Å². The van der Waals surface area contributed by atoms with E-state index in [-0.39, 0.29) is 11.8 Å². The molecule has 2 aromatic heterocycles. The average molecular weight is 431 g/mol. The summed E-state index contributed by atoms with van der Waals surface area (Å²) in [4.78, 5) is 27.7. The maximum absolute atomic E-state index is 13.1. The highest BCUT2D eigenvalue weighted by Crippen LogP contribution is 2.33. The molecule has 0 saturated carbocycles. The molecule has 0 spiro atoms. The van der Waals surface area contributed by atoms with Gasteiger partial charge >= 0.3 is 0 Å². The molecule has 4 aromatic rings. The maximum Gasteiger partial charge on any atom is 0.227 e. The van der Waals surface area contributed by atoms with Gasteiger partial charge in [-0.2, -0.15) is 0 Å². The number of piperidine rings is 1. The topological polar surface area (TPSA) is 61.9 Å². The Kier molecular flexibility index (Phi) is 5.43. The summed E-state index contributed by atoms with van der Waals surface area (Å²) in [6.45, 7) is 1.44. The number of hydrogen-bond acceptors (Lipinski definition) is 3. The SMILES string of the molecule is O=C(Cc1c[nH]c2ccccc12)N1CCCC(c2nccnc2-c2cccc(Cl)c2)C1. The number of amides is 1. The van der Waals surface area contributed by atoms with E-state index in [1.807, 2.05) is 53.6 Å². The van der Waals surface area contributed by atoms with Crippen LogP contribution >= 0.6 is 11.6 Å². The molecular weight excluding hydrogens is 408 g/mol. The minimum absolute atomic E-state index is 0.155. The van der Waals surface area contributed by atoms with Gasteiger partial charge in [-0.05, 0) is 36.6 Å². The third-order valence-corrected chi connectivity index (χ3v) is 6.24. The van der Waals surface area contributed by atoms with Crippen LogP contribution in [-0.2, 0) is 11.2 Å². The van der Waals surface area contributed by atoms with Gasteiger partial charge in [-0.3, -0.25) is 14.8 Å². The fourth-order valence-electron chi connectivity index (χ4n) is 4.49. The first-order valence-corrected chi connectivity index (χ1v) is 11.0. The molecule has 6 heteroatoms. The number of carbonyl (C=O) groups is 1. The molecule has 1 unspecified atom stereocenters. The van der Waals surface area contributed by atoms with Gasteiger partial charge in [0.1, 0.15) is 0 Å². The second-order valence-corrected chi connectivity index (χ2v) is 8.45. The minimum Gasteiger partial charge on any atom is -0.361 e. The standard InChI is InChI=1S/C25H23ClN4O/c26-20-7-3-5-17(13-20)24-25(28-11-10-27-24)18-6-4-12-30(16-18)23(31)14-19-15-29-22-9-2-1-8-21(19)22/h1-3,5,7-11,13,15,18,29H,4,6,12,14,16H2. The Bertz CT molecular complexity index is 1230. The summed E-state index contributed by atoms with van der Waals surface area (Å²) in [7, 11) is 0. The van der Waals surface area contributed by atoms with Crippen molar-refractivity contribution >= 4 is 28.4 Å². The molecule has 3 heterocycles. The number of nitrogens with one attached hydrogen (secondary N) is 1. The van der Waals surface area contributed by atoms with Crippen molar-refractivity contribution in [1.82, 2.24) is 19.9 Å². The van der Waals surface area contributed by atoms with E-state index in [1.54, 1.807) is 12.4 Å². The first kappa shape index (κ1) is 19.8. The summed E-state index contributed by atoms with van der Waals surface area (Å²) in [5.41, 5.74) is 4.85. The van der Waals surface area contributed by atoms with E-state index >= 15 is 0 Å². The summed E-state index contributed by atoms with van der Waals surface area (Å²) >= 11 is 6.20. The van der Waals surface area contributed by atoms with E-state index < -0.39 is 0 Å². The van der Waals surface area contributed by atoms with Crippen molar-refractivity contribution in [1.29, 1.82) is 0 Å². The van der Waals surface area contributed by atoms with Crippen molar-refractivity contribution in [3.8, 4) is 11.3 Å². The van der Waals surface area contributed by atoms with Crippen LogP contribution in [0.25, 0.3) is 22.2 Å². The van der Waals surface area contributed by atoms with Gasteiger partial charge in [-0.15, -0.1) is 0 Å². The van der Waals surface area contributed by atoms with Gasteiger partial charge < -0.3 is 9.88 Å². The lowest BCUT2D eigenvalue weighted by Gasteiger charge is -2.33. The molecule has 2 aromatic carbocycles. The summed E-state index contributed by atoms with van der Waals surface area (Å²) in [6, 6.07) is 15.8. The molecule has 156 valence electrons. The van der Waals surface area contributed by atoms with Crippen molar-refractivity contribution in [2.75, 3.05) is 13.1 Å². The van der Waals surface area contributed by atoms with Crippen LogP contribution in [-0.4, -0.2) is 38.8 Å². The zero-order chi connectivity index (χ0) is 21.2. The number of benzene rings is 2. The van der Waals surface area contributed by atoms with Crippen molar-refractivity contribution in [3.05, 3.63) is 83.4 Å². The Morgan fingerprint density at radius 1 is 1.13 bits per heavy atom. The Morgan fingerprint density at radius 3 is 2.90 bits per heavy atom. The number of H-pyrrole nitrogens is 1. The highest BCUT2D eigenvalue weighted by atomic mass is 35.5. The second kappa shape index (κ2) is 8.52. The number of aromatic nitrogens is 3. The molecule has 1 amide bonds. The van der Waals surface area contributed by atoms with E-state index in [9.17, 15) is 4.79 Å². The lowest BCUT2D eigenvalue weighted by atomic mass is 9.91. The first-order chi connectivity index (χ1) is 15.2. The smallest absolute Gasteiger partial charge is 0.227 e. The number of hydrogen-bond donors (Lipinski definition) is 1. The molecule has 0 aliphatic carbocycles. The van der Waals surface area contributed by atoms with Gasteiger partial charge in [-0.25, -0.2) is 0 Å². The summed E-state index contributed by atoms with van der Waals surface area (Å²) in [5.74, 6) is 0.311. The number of likely N-dealkylation sites (tertiary alicyclic amines) is 1. The van der Waals surface area contributed by atoms with Crippen molar-refractivity contribution in [2.45, 2.75) is 25.2 Å². The molecule has 1 saturated heterocycles. The van der Waals surface area contributed by atoms with Gasteiger partial charge in [0.2, 0.25) is 5.91 Å². The van der Waals surface area contributed by atoms with Crippen LogP contribution in [0.2, 0.25) is 5.02 Å². The quantitative estimate of drug-likeness (QED) is 0.482. The van der Waals surface area contributed by atoms with Crippen LogP contribution in [0.5, 0.6) is 0 Å². The number of carbonyl (C=O) groups excluding carboxylic acids is 1. The number of halogens is 1. The number of aromatic amines is 1. The van der Waals surface area contributed by atoms with Crippen molar-refractivity contribution < 1.29 is 4.79 Å². The van der Waals surface area contributed by atoms with Crippen LogP contribution in [0.3, 0.4) is 0 Å². The van der Waals surface area contributed by atoms with Gasteiger partial charge in [0, 0.05) is 59.1 Å². The lowest BCUT2D eigenvalue weighted by Crippen LogP contribution is -2.40. The molecule has 5 rings (SSSR count).